The summed E-state index contributed by atoms with van der Waals surface area (Å²) in [5, 5.41) is 0. The highest BCUT2D eigenvalue weighted by molar-refractivity contribution is 5.23. The fourth-order valence-electron chi connectivity index (χ4n) is 3.11. The van der Waals surface area contributed by atoms with Crippen molar-refractivity contribution in [2.75, 3.05) is 0 Å². The Morgan fingerprint density at radius 3 is 2.60 bits per heavy atom. The molecule has 56 valence electrons. The molecule has 0 aromatic carbocycles. The molecule has 0 nitrogen and oxygen atoms in total. The summed E-state index contributed by atoms with van der Waals surface area (Å²) in [7, 11) is 0. The minimum Gasteiger partial charge on any atom is -0.0998 e. The van der Waals surface area contributed by atoms with Crippen molar-refractivity contribution >= 4 is 0 Å². The van der Waals surface area contributed by atoms with Crippen molar-refractivity contribution in [1.82, 2.24) is 0 Å². The number of fused-ring (bicyclic) bond motifs is 1. The molecule has 2 aliphatic carbocycles. The number of hydrogen-bond acceptors (Lipinski definition) is 0. The fourth-order valence-corrected chi connectivity index (χ4v) is 3.11. The summed E-state index contributed by atoms with van der Waals surface area (Å²) in [6.07, 6.45) is 4.38. The minimum absolute atomic E-state index is 0.700. The fraction of sp³-hybridized carbons (Fsp3) is 0.800. The molecule has 0 aliphatic heterocycles. The van der Waals surface area contributed by atoms with Crippen molar-refractivity contribution in [2.24, 2.45) is 17.3 Å². The molecule has 0 heterocycles. The Labute approximate surface area is 63.3 Å². The summed E-state index contributed by atoms with van der Waals surface area (Å²) in [4.78, 5) is 0. The first-order chi connectivity index (χ1) is 4.66. The first-order valence-electron chi connectivity index (χ1n) is 4.31. The van der Waals surface area contributed by atoms with E-state index in [-0.39, 0.29) is 0 Å². The Morgan fingerprint density at radius 2 is 2.30 bits per heavy atom. The van der Waals surface area contributed by atoms with Crippen LogP contribution in [0.15, 0.2) is 12.2 Å². The van der Waals surface area contributed by atoms with Gasteiger partial charge in [0.25, 0.3) is 0 Å². The van der Waals surface area contributed by atoms with Crippen molar-refractivity contribution in [3.05, 3.63) is 12.2 Å². The molecule has 10 heavy (non-hydrogen) atoms. The molecule has 0 amide bonds. The van der Waals surface area contributed by atoms with Gasteiger partial charge in [-0.3, -0.25) is 0 Å². The summed E-state index contributed by atoms with van der Waals surface area (Å²) in [5.74, 6) is 1.91. The summed E-state index contributed by atoms with van der Waals surface area (Å²) >= 11 is 0. The maximum absolute atomic E-state index is 4.04. The molecular formula is C10H16. The molecule has 0 aromatic heterocycles. The second kappa shape index (κ2) is 1.66. The van der Waals surface area contributed by atoms with Gasteiger partial charge in [0.05, 0.1) is 0 Å². The third kappa shape index (κ3) is 0.574. The van der Waals surface area contributed by atoms with E-state index in [0.717, 1.165) is 11.8 Å². The molecule has 0 aromatic rings. The van der Waals surface area contributed by atoms with E-state index in [4.69, 9.17) is 0 Å². The van der Waals surface area contributed by atoms with Crippen molar-refractivity contribution in [1.29, 1.82) is 0 Å². The average Bonchev–Trinajstić information content (AvgIpc) is 2.22. The molecule has 3 unspecified atom stereocenters. The molecule has 0 N–H and O–H groups in total. The van der Waals surface area contributed by atoms with Crippen LogP contribution in [-0.4, -0.2) is 0 Å². The van der Waals surface area contributed by atoms with E-state index in [1.165, 1.54) is 24.8 Å². The van der Waals surface area contributed by atoms with Crippen molar-refractivity contribution in [3.63, 3.8) is 0 Å². The highest BCUT2D eigenvalue weighted by Crippen LogP contribution is 2.70. The summed E-state index contributed by atoms with van der Waals surface area (Å²) < 4.78 is 0. The molecule has 0 spiro atoms. The van der Waals surface area contributed by atoms with Crippen LogP contribution in [0.2, 0.25) is 0 Å². The van der Waals surface area contributed by atoms with Crippen LogP contribution in [0.1, 0.15) is 33.1 Å². The monoisotopic (exact) mass is 136 g/mol. The molecule has 0 bridgehead atoms. The van der Waals surface area contributed by atoms with Gasteiger partial charge in [-0.25, -0.2) is 0 Å². The van der Waals surface area contributed by atoms with Crippen molar-refractivity contribution in [2.45, 2.75) is 33.1 Å². The molecule has 2 fully saturated rings. The molecule has 0 saturated heterocycles. The van der Waals surface area contributed by atoms with Crippen LogP contribution in [0.4, 0.5) is 0 Å². The second-order valence-electron chi connectivity index (χ2n) is 4.33. The average molecular weight is 136 g/mol. The number of allylic oxidation sites excluding steroid dienone is 1. The van der Waals surface area contributed by atoms with E-state index in [1.54, 1.807) is 0 Å². The van der Waals surface area contributed by atoms with Crippen LogP contribution in [-0.2, 0) is 0 Å². The van der Waals surface area contributed by atoms with Crippen LogP contribution < -0.4 is 0 Å². The lowest BCUT2D eigenvalue weighted by molar-refractivity contribution is 0.504. The third-order valence-electron chi connectivity index (χ3n) is 3.61. The van der Waals surface area contributed by atoms with E-state index in [1.807, 2.05) is 0 Å². The molecule has 2 aliphatic rings. The zero-order valence-electron chi connectivity index (χ0n) is 6.98. The molecule has 3 atom stereocenters. The Hall–Kier alpha value is -0.260. The van der Waals surface area contributed by atoms with Gasteiger partial charge >= 0.3 is 0 Å². The van der Waals surface area contributed by atoms with Crippen molar-refractivity contribution < 1.29 is 0 Å². The Bertz CT molecular complexity index is 180. The maximum Gasteiger partial charge on any atom is -0.0118 e. The highest BCUT2D eigenvalue weighted by Gasteiger charge is 2.62. The van der Waals surface area contributed by atoms with Crippen LogP contribution >= 0.6 is 0 Å². The van der Waals surface area contributed by atoms with E-state index >= 15 is 0 Å². The lowest BCUT2D eigenvalue weighted by Gasteiger charge is -2.06. The van der Waals surface area contributed by atoms with Gasteiger partial charge in [0.15, 0.2) is 0 Å². The van der Waals surface area contributed by atoms with Gasteiger partial charge in [0.1, 0.15) is 0 Å². The van der Waals surface area contributed by atoms with Gasteiger partial charge in [0.2, 0.25) is 0 Å². The molecule has 0 heteroatoms. The van der Waals surface area contributed by atoms with Gasteiger partial charge in [-0.1, -0.05) is 25.5 Å². The first-order valence-corrected chi connectivity index (χ1v) is 4.31. The smallest absolute Gasteiger partial charge is 0.0118 e. The zero-order valence-corrected chi connectivity index (χ0v) is 6.98. The SMILES string of the molecule is C=C(C)C1C2CCCC21C. The zero-order chi connectivity index (χ0) is 7.35. The first kappa shape index (κ1) is 6.45. The minimum atomic E-state index is 0.700. The Kier molecular flexibility index (Phi) is 1.07. The maximum atomic E-state index is 4.04. The lowest BCUT2D eigenvalue weighted by Crippen LogP contribution is -1.95. The quantitative estimate of drug-likeness (QED) is 0.486. The Balaban J connectivity index is 2.15. The van der Waals surface area contributed by atoms with E-state index in [9.17, 15) is 0 Å². The van der Waals surface area contributed by atoms with Crippen molar-refractivity contribution in [3.8, 4) is 0 Å². The molecular weight excluding hydrogens is 120 g/mol. The van der Waals surface area contributed by atoms with Gasteiger partial charge in [-0.15, -0.1) is 0 Å². The Morgan fingerprint density at radius 1 is 1.60 bits per heavy atom. The van der Waals surface area contributed by atoms with Crippen LogP contribution in [0.3, 0.4) is 0 Å². The van der Waals surface area contributed by atoms with Crippen LogP contribution in [0, 0.1) is 17.3 Å². The number of rotatable bonds is 1. The topological polar surface area (TPSA) is 0 Å². The van der Waals surface area contributed by atoms with Crippen LogP contribution in [0.5, 0.6) is 0 Å². The predicted octanol–water partition coefficient (Wildman–Crippen LogP) is 3.00. The highest BCUT2D eigenvalue weighted by atomic mass is 14.7. The van der Waals surface area contributed by atoms with Gasteiger partial charge in [-0.05, 0) is 37.0 Å². The molecule has 2 rings (SSSR count). The van der Waals surface area contributed by atoms with Gasteiger partial charge in [-0.2, -0.15) is 0 Å². The predicted molar refractivity (Wildman–Crippen MR) is 43.8 cm³/mol. The normalized spacial score (nSPS) is 50.6. The molecule has 0 radical (unpaired) electrons. The standard InChI is InChI=1S/C10H16/c1-7(2)9-8-5-4-6-10(8,9)3/h8-9H,1,4-6H2,2-3H3. The second-order valence-corrected chi connectivity index (χ2v) is 4.33. The summed E-state index contributed by atoms with van der Waals surface area (Å²) in [6.45, 7) is 8.67. The van der Waals surface area contributed by atoms with E-state index < -0.39 is 0 Å². The molecule has 2 saturated carbocycles. The van der Waals surface area contributed by atoms with E-state index in [2.05, 4.69) is 20.4 Å². The van der Waals surface area contributed by atoms with E-state index in [0.29, 0.717) is 5.41 Å². The number of hydrogen-bond donors (Lipinski definition) is 0. The lowest BCUT2D eigenvalue weighted by atomic mass is 9.99. The van der Waals surface area contributed by atoms with Crippen LogP contribution in [0.25, 0.3) is 0 Å². The van der Waals surface area contributed by atoms with Gasteiger partial charge < -0.3 is 0 Å². The summed E-state index contributed by atoms with van der Waals surface area (Å²) in [6, 6.07) is 0. The largest absolute Gasteiger partial charge is 0.0998 e. The summed E-state index contributed by atoms with van der Waals surface area (Å²) in [5.41, 5.74) is 2.12. The van der Waals surface area contributed by atoms with Gasteiger partial charge in [0, 0.05) is 0 Å². The third-order valence-corrected chi connectivity index (χ3v) is 3.61.